The van der Waals surface area contributed by atoms with Gasteiger partial charge < -0.3 is 15.1 Å². The Morgan fingerprint density at radius 3 is 2.46 bits per heavy atom. The molecule has 1 aromatic rings. The molecule has 0 bridgehead atoms. The minimum absolute atomic E-state index is 0.246. The second-order valence-corrected chi connectivity index (χ2v) is 6.75. The van der Waals surface area contributed by atoms with Crippen LogP contribution in [0.5, 0.6) is 0 Å². The zero-order valence-corrected chi connectivity index (χ0v) is 16.1. The van der Waals surface area contributed by atoms with E-state index in [1.807, 2.05) is 4.90 Å². The predicted molar refractivity (Wildman–Crippen MR) is 99.7 cm³/mol. The SMILES string of the molecule is CN=C(NCCCN(C)CC(F)(F)F)N1CCN(c2cc(F)ccc2F)CC1. The third-order valence-corrected chi connectivity index (χ3v) is 4.49. The van der Waals surface area contributed by atoms with Gasteiger partial charge in [-0.15, -0.1) is 0 Å². The number of alkyl halides is 3. The van der Waals surface area contributed by atoms with Crippen LogP contribution in [0.3, 0.4) is 0 Å². The minimum atomic E-state index is -4.20. The van der Waals surface area contributed by atoms with E-state index < -0.39 is 24.4 Å². The maximum absolute atomic E-state index is 13.9. The van der Waals surface area contributed by atoms with E-state index in [1.165, 1.54) is 18.0 Å². The molecule has 1 fully saturated rings. The summed E-state index contributed by atoms with van der Waals surface area (Å²) in [6.07, 6.45) is -3.65. The van der Waals surface area contributed by atoms with E-state index in [9.17, 15) is 22.0 Å². The van der Waals surface area contributed by atoms with Crippen LogP contribution in [0, 0.1) is 11.6 Å². The largest absolute Gasteiger partial charge is 0.401 e. The molecule has 2 rings (SSSR count). The second-order valence-electron chi connectivity index (χ2n) is 6.75. The molecule has 0 aromatic heterocycles. The fourth-order valence-corrected chi connectivity index (χ4v) is 3.15. The lowest BCUT2D eigenvalue weighted by atomic mass is 10.2. The highest BCUT2D eigenvalue weighted by atomic mass is 19.4. The first kappa shape index (κ1) is 22.2. The van der Waals surface area contributed by atoms with Gasteiger partial charge >= 0.3 is 6.18 Å². The quantitative estimate of drug-likeness (QED) is 0.340. The first-order valence-corrected chi connectivity index (χ1v) is 9.10. The molecule has 1 aliphatic heterocycles. The van der Waals surface area contributed by atoms with Crippen molar-refractivity contribution in [3.05, 3.63) is 29.8 Å². The topological polar surface area (TPSA) is 34.1 Å². The summed E-state index contributed by atoms with van der Waals surface area (Å²) < 4.78 is 64.2. The number of hydrogen-bond acceptors (Lipinski definition) is 3. The number of hydrogen-bond donors (Lipinski definition) is 1. The number of halogens is 5. The highest BCUT2D eigenvalue weighted by molar-refractivity contribution is 5.80. The fourth-order valence-electron chi connectivity index (χ4n) is 3.15. The van der Waals surface area contributed by atoms with Gasteiger partial charge in [0.1, 0.15) is 11.6 Å². The Balaban J connectivity index is 1.77. The lowest BCUT2D eigenvalue weighted by molar-refractivity contribution is -0.143. The van der Waals surface area contributed by atoms with Gasteiger partial charge in [-0.1, -0.05) is 0 Å². The Morgan fingerprint density at radius 1 is 1.18 bits per heavy atom. The van der Waals surface area contributed by atoms with Gasteiger partial charge in [0.15, 0.2) is 5.96 Å². The monoisotopic (exact) mass is 407 g/mol. The van der Waals surface area contributed by atoms with Crippen molar-refractivity contribution < 1.29 is 22.0 Å². The summed E-state index contributed by atoms with van der Waals surface area (Å²) >= 11 is 0. The molecule has 0 radical (unpaired) electrons. The number of anilines is 1. The summed E-state index contributed by atoms with van der Waals surface area (Å²) in [5.74, 6) is -0.287. The van der Waals surface area contributed by atoms with Gasteiger partial charge in [0.25, 0.3) is 0 Å². The predicted octanol–water partition coefficient (Wildman–Crippen LogP) is 2.55. The Bertz CT molecular complexity index is 656. The summed E-state index contributed by atoms with van der Waals surface area (Å²) in [7, 11) is 3.07. The molecule has 10 heteroatoms. The zero-order valence-electron chi connectivity index (χ0n) is 16.1. The van der Waals surface area contributed by atoms with Crippen molar-refractivity contribution in [2.24, 2.45) is 4.99 Å². The molecule has 0 spiro atoms. The molecule has 158 valence electrons. The fraction of sp³-hybridized carbons (Fsp3) is 0.611. The molecule has 1 N–H and O–H groups in total. The maximum atomic E-state index is 13.9. The van der Waals surface area contributed by atoms with E-state index in [0.29, 0.717) is 51.6 Å². The molecule has 0 amide bonds. The summed E-state index contributed by atoms with van der Waals surface area (Å²) in [6.45, 7) is 2.04. The van der Waals surface area contributed by atoms with Gasteiger partial charge in [-0.05, 0) is 32.1 Å². The third-order valence-electron chi connectivity index (χ3n) is 4.49. The number of guanidine groups is 1. The lowest BCUT2D eigenvalue weighted by Gasteiger charge is -2.37. The van der Waals surface area contributed by atoms with Crippen molar-refractivity contribution in [1.82, 2.24) is 15.1 Å². The van der Waals surface area contributed by atoms with Crippen molar-refractivity contribution in [2.75, 3.05) is 64.8 Å². The first-order chi connectivity index (χ1) is 13.2. The summed E-state index contributed by atoms with van der Waals surface area (Å²) in [5.41, 5.74) is 0.246. The van der Waals surface area contributed by atoms with Gasteiger partial charge in [-0.3, -0.25) is 9.89 Å². The van der Waals surface area contributed by atoms with Gasteiger partial charge in [0.05, 0.1) is 12.2 Å². The van der Waals surface area contributed by atoms with Crippen molar-refractivity contribution in [2.45, 2.75) is 12.6 Å². The molecule has 28 heavy (non-hydrogen) atoms. The van der Waals surface area contributed by atoms with E-state index in [1.54, 1.807) is 11.9 Å². The average molecular weight is 407 g/mol. The zero-order chi connectivity index (χ0) is 20.7. The molecule has 1 saturated heterocycles. The van der Waals surface area contributed by atoms with Crippen molar-refractivity contribution in [3.8, 4) is 0 Å². The standard InChI is InChI=1S/C18H26F5N5/c1-24-17(25-6-3-7-26(2)13-18(21,22)23)28-10-8-27(9-11-28)16-12-14(19)4-5-15(16)20/h4-5,12H,3,6-11,13H2,1-2H3,(H,24,25). The number of benzene rings is 1. The molecular weight excluding hydrogens is 381 g/mol. The highest BCUT2D eigenvalue weighted by Crippen LogP contribution is 2.22. The molecule has 1 aliphatic rings. The van der Waals surface area contributed by atoms with E-state index in [4.69, 9.17) is 0 Å². The Labute approximate surface area is 161 Å². The maximum Gasteiger partial charge on any atom is 0.401 e. The smallest absolute Gasteiger partial charge is 0.366 e. The van der Waals surface area contributed by atoms with Crippen LogP contribution in [0.15, 0.2) is 23.2 Å². The van der Waals surface area contributed by atoms with Crippen LogP contribution in [-0.4, -0.2) is 81.8 Å². The molecule has 0 saturated carbocycles. The summed E-state index contributed by atoms with van der Waals surface area (Å²) in [5, 5.41) is 3.15. The lowest BCUT2D eigenvalue weighted by Crippen LogP contribution is -2.53. The van der Waals surface area contributed by atoms with E-state index in [-0.39, 0.29) is 5.69 Å². The van der Waals surface area contributed by atoms with Crippen molar-refractivity contribution >= 4 is 11.6 Å². The number of rotatable bonds is 6. The van der Waals surface area contributed by atoms with Crippen LogP contribution >= 0.6 is 0 Å². The van der Waals surface area contributed by atoms with Gasteiger partial charge in [0.2, 0.25) is 0 Å². The van der Waals surface area contributed by atoms with Crippen LogP contribution in [0.25, 0.3) is 0 Å². The molecule has 1 aromatic carbocycles. The van der Waals surface area contributed by atoms with Crippen LogP contribution in [0.4, 0.5) is 27.6 Å². The molecular formula is C18H26F5N5. The Hall–Kier alpha value is -2.10. The average Bonchev–Trinajstić information content (AvgIpc) is 2.63. The van der Waals surface area contributed by atoms with Gasteiger partial charge in [0, 0.05) is 45.8 Å². The number of nitrogens with zero attached hydrogens (tertiary/aromatic N) is 4. The van der Waals surface area contributed by atoms with Gasteiger partial charge in [-0.25, -0.2) is 8.78 Å². The highest BCUT2D eigenvalue weighted by Gasteiger charge is 2.28. The third kappa shape index (κ3) is 6.81. The van der Waals surface area contributed by atoms with Gasteiger partial charge in [-0.2, -0.15) is 13.2 Å². The van der Waals surface area contributed by atoms with Crippen molar-refractivity contribution in [1.29, 1.82) is 0 Å². The number of nitrogens with one attached hydrogen (secondary N) is 1. The van der Waals surface area contributed by atoms with Crippen LogP contribution in [0.1, 0.15) is 6.42 Å². The van der Waals surface area contributed by atoms with E-state index in [2.05, 4.69) is 10.3 Å². The molecule has 0 atom stereocenters. The van der Waals surface area contributed by atoms with Crippen molar-refractivity contribution in [3.63, 3.8) is 0 Å². The summed E-state index contributed by atoms with van der Waals surface area (Å²) in [4.78, 5) is 9.21. The molecule has 1 heterocycles. The first-order valence-electron chi connectivity index (χ1n) is 9.10. The normalized spacial score (nSPS) is 16.1. The number of aliphatic imine (C=N–C) groups is 1. The van der Waals surface area contributed by atoms with Crippen LogP contribution < -0.4 is 10.2 Å². The molecule has 0 unspecified atom stereocenters. The van der Waals surface area contributed by atoms with Crippen LogP contribution in [-0.2, 0) is 0 Å². The van der Waals surface area contributed by atoms with Crippen LogP contribution in [0.2, 0.25) is 0 Å². The molecule has 0 aliphatic carbocycles. The Kier molecular flexibility index (Phi) is 7.85. The Morgan fingerprint density at radius 2 is 1.86 bits per heavy atom. The second kappa shape index (κ2) is 9.90. The summed E-state index contributed by atoms with van der Waals surface area (Å²) in [6, 6.07) is 3.40. The number of piperazine rings is 1. The minimum Gasteiger partial charge on any atom is -0.366 e. The molecule has 5 nitrogen and oxygen atoms in total. The van der Waals surface area contributed by atoms with E-state index >= 15 is 0 Å². The van der Waals surface area contributed by atoms with E-state index in [0.717, 1.165) is 12.1 Å².